The fourth-order valence-electron chi connectivity index (χ4n) is 7.10. The minimum atomic E-state index is -0.454. The number of amides is 1. The van der Waals surface area contributed by atoms with Crippen molar-refractivity contribution in [1.29, 1.82) is 5.26 Å². The topological polar surface area (TPSA) is 98.1 Å². The molecule has 1 saturated carbocycles. The number of hydrogen-bond acceptors (Lipinski definition) is 9. The Morgan fingerprint density at radius 3 is 2.85 bits per heavy atom. The van der Waals surface area contributed by atoms with E-state index < -0.39 is 5.82 Å². The van der Waals surface area contributed by atoms with Crippen LogP contribution in [-0.4, -0.2) is 96.3 Å². The van der Waals surface area contributed by atoms with Gasteiger partial charge in [0.25, 0.3) is 0 Å². The molecule has 3 aliphatic heterocycles. The third-order valence-corrected chi connectivity index (χ3v) is 10.1. The maximum Gasteiger partial charge on any atom is 0.319 e. The fourth-order valence-corrected chi connectivity index (χ4v) is 7.37. The first kappa shape index (κ1) is 30.7. The summed E-state index contributed by atoms with van der Waals surface area (Å²) in [5.74, 6) is 0.132. The summed E-state index contributed by atoms with van der Waals surface area (Å²) in [5.41, 5.74) is 2.68. The van der Waals surface area contributed by atoms with Crippen molar-refractivity contribution in [2.24, 2.45) is 0 Å². The Labute approximate surface area is 272 Å². The molecule has 2 saturated heterocycles. The summed E-state index contributed by atoms with van der Waals surface area (Å²) in [5, 5.41) is 11.2. The van der Waals surface area contributed by atoms with E-state index in [2.05, 4.69) is 34.4 Å². The Kier molecular flexibility index (Phi) is 8.44. The molecule has 46 heavy (non-hydrogen) atoms. The van der Waals surface area contributed by atoms with Crippen LogP contribution in [0.3, 0.4) is 0 Å². The SMILES string of the molecule is C=CC(=O)N1CCN(c2nc(O[C@@H]3COC[C@@H]3N(C)C3CC3)nc3c2CCN(c2cccc4ccc(F)c(Cl)c24)C3)CC1CC#N. The van der Waals surface area contributed by atoms with Gasteiger partial charge in [0.2, 0.25) is 5.91 Å². The molecule has 7 rings (SSSR count). The van der Waals surface area contributed by atoms with Crippen LogP contribution in [0, 0.1) is 17.1 Å². The van der Waals surface area contributed by atoms with Crippen molar-refractivity contribution in [3.05, 3.63) is 65.1 Å². The molecule has 1 aliphatic carbocycles. The second kappa shape index (κ2) is 12.7. The first-order chi connectivity index (χ1) is 22.4. The molecule has 1 unspecified atom stereocenters. The Morgan fingerprint density at radius 2 is 2.07 bits per heavy atom. The maximum absolute atomic E-state index is 14.6. The van der Waals surface area contributed by atoms with E-state index in [-0.39, 0.29) is 41.5 Å². The number of hydrogen-bond donors (Lipinski definition) is 0. The number of aromatic nitrogens is 2. The minimum Gasteiger partial charge on any atom is -0.456 e. The second-order valence-corrected chi connectivity index (χ2v) is 12.9. The van der Waals surface area contributed by atoms with Crippen LogP contribution >= 0.6 is 11.6 Å². The Bertz CT molecular complexity index is 1710. The number of rotatable bonds is 8. The first-order valence-electron chi connectivity index (χ1n) is 15.9. The van der Waals surface area contributed by atoms with E-state index in [0.717, 1.165) is 28.1 Å². The molecule has 3 fully saturated rings. The molecule has 10 nitrogen and oxygen atoms in total. The third-order valence-electron chi connectivity index (χ3n) is 9.75. The fraction of sp³-hybridized carbons (Fsp3) is 0.471. The van der Waals surface area contributed by atoms with E-state index in [9.17, 15) is 14.4 Å². The van der Waals surface area contributed by atoms with Crippen LogP contribution in [0.4, 0.5) is 15.9 Å². The lowest BCUT2D eigenvalue weighted by molar-refractivity contribution is -0.128. The lowest BCUT2D eigenvalue weighted by Gasteiger charge is -2.42. The van der Waals surface area contributed by atoms with Crippen LogP contribution in [0.5, 0.6) is 6.01 Å². The lowest BCUT2D eigenvalue weighted by atomic mass is 10.0. The summed E-state index contributed by atoms with van der Waals surface area (Å²) in [6.07, 6.45) is 4.29. The summed E-state index contributed by atoms with van der Waals surface area (Å²) in [4.78, 5) is 31.0. The molecule has 0 spiro atoms. The highest BCUT2D eigenvalue weighted by Gasteiger charge is 2.41. The quantitative estimate of drug-likeness (QED) is 0.331. The van der Waals surface area contributed by atoms with Gasteiger partial charge < -0.3 is 24.2 Å². The van der Waals surface area contributed by atoms with Crippen LogP contribution < -0.4 is 14.5 Å². The largest absolute Gasteiger partial charge is 0.456 e. The first-order valence-corrected chi connectivity index (χ1v) is 16.3. The predicted molar refractivity (Wildman–Crippen MR) is 174 cm³/mol. The van der Waals surface area contributed by atoms with Crippen LogP contribution in [-0.2, 0) is 22.5 Å². The molecular weight excluding hydrogens is 609 g/mol. The molecule has 0 N–H and O–H groups in total. The molecule has 0 radical (unpaired) electrons. The van der Waals surface area contributed by atoms with Gasteiger partial charge in [-0.1, -0.05) is 36.4 Å². The summed E-state index contributed by atoms with van der Waals surface area (Å²) in [6, 6.07) is 11.9. The normalized spacial score (nSPS) is 23.0. The van der Waals surface area contributed by atoms with Gasteiger partial charge in [0.05, 0.1) is 55.0 Å². The molecule has 4 aliphatic rings. The Hall–Kier alpha value is -3.98. The summed E-state index contributed by atoms with van der Waals surface area (Å²) in [6.45, 7) is 7.25. The number of piperazine rings is 1. The summed E-state index contributed by atoms with van der Waals surface area (Å²) in [7, 11) is 2.13. The van der Waals surface area contributed by atoms with Crippen LogP contribution in [0.2, 0.25) is 5.02 Å². The van der Waals surface area contributed by atoms with Crippen molar-refractivity contribution in [1.82, 2.24) is 19.8 Å². The zero-order chi connectivity index (χ0) is 31.9. The zero-order valence-corrected chi connectivity index (χ0v) is 26.6. The van der Waals surface area contributed by atoms with Gasteiger partial charge in [-0.2, -0.15) is 15.2 Å². The Morgan fingerprint density at radius 1 is 1.22 bits per heavy atom. The number of likely N-dealkylation sites (N-methyl/N-ethyl adjacent to an activating group) is 1. The zero-order valence-electron chi connectivity index (χ0n) is 25.9. The molecular formula is C34H37ClFN7O3. The average molecular weight is 646 g/mol. The molecule has 0 bridgehead atoms. The lowest BCUT2D eigenvalue weighted by Crippen LogP contribution is -2.55. The molecule has 1 amide bonds. The molecule has 3 atom stereocenters. The number of ether oxygens (including phenoxy) is 2. The number of carbonyl (C=O) groups is 1. The van der Waals surface area contributed by atoms with Gasteiger partial charge >= 0.3 is 6.01 Å². The highest BCUT2D eigenvalue weighted by molar-refractivity contribution is 6.36. The van der Waals surface area contributed by atoms with Crippen molar-refractivity contribution < 1.29 is 18.7 Å². The smallest absolute Gasteiger partial charge is 0.319 e. The number of carbonyl (C=O) groups excluding carboxylic acids is 1. The van der Waals surface area contributed by atoms with Crippen LogP contribution in [0.1, 0.15) is 30.5 Å². The van der Waals surface area contributed by atoms with Gasteiger partial charge in [0.1, 0.15) is 17.7 Å². The van der Waals surface area contributed by atoms with Gasteiger partial charge in [-0.25, -0.2) is 4.39 Å². The van der Waals surface area contributed by atoms with Crippen molar-refractivity contribution in [3.8, 4) is 12.1 Å². The summed E-state index contributed by atoms with van der Waals surface area (Å²) < 4.78 is 27.0. The highest BCUT2D eigenvalue weighted by Crippen LogP contribution is 2.39. The Balaban J connectivity index is 1.24. The van der Waals surface area contributed by atoms with E-state index in [1.165, 1.54) is 25.0 Å². The maximum atomic E-state index is 14.6. The highest BCUT2D eigenvalue weighted by atomic mass is 35.5. The number of nitrogens with zero attached hydrogens (tertiary/aromatic N) is 7. The molecule has 4 heterocycles. The van der Waals surface area contributed by atoms with Gasteiger partial charge in [-0.05, 0) is 49.9 Å². The van der Waals surface area contributed by atoms with Crippen molar-refractivity contribution in [2.75, 3.05) is 56.2 Å². The second-order valence-electron chi connectivity index (χ2n) is 12.5. The molecule has 1 aromatic heterocycles. The monoisotopic (exact) mass is 645 g/mol. The molecule has 240 valence electrons. The van der Waals surface area contributed by atoms with Crippen LogP contribution in [0.25, 0.3) is 10.8 Å². The predicted octanol–water partition coefficient (Wildman–Crippen LogP) is 4.34. The van der Waals surface area contributed by atoms with Crippen molar-refractivity contribution >= 4 is 39.8 Å². The average Bonchev–Trinajstić information content (AvgIpc) is 3.83. The summed E-state index contributed by atoms with van der Waals surface area (Å²) >= 11 is 6.52. The number of benzene rings is 2. The van der Waals surface area contributed by atoms with Gasteiger partial charge in [-0.15, -0.1) is 0 Å². The van der Waals surface area contributed by atoms with E-state index in [4.69, 9.17) is 31.0 Å². The number of nitriles is 1. The van der Waals surface area contributed by atoms with E-state index in [0.29, 0.717) is 63.8 Å². The van der Waals surface area contributed by atoms with Gasteiger partial charge in [0, 0.05) is 48.9 Å². The minimum absolute atomic E-state index is 0.105. The van der Waals surface area contributed by atoms with E-state index in [1.807, 2.05) is 18.2 Å². The van der Waals surface area contributed by atoms with Crippen molar-refractivity contribution in [2.45, 2.75) is 56.5 Å². The van der Waals surface area contributed by atoms with Crippen LogP contribution in [0.15, 0.2) is 43.0 Å². The number of anilines is 2. The molecule has 12 heteroatoms. The molecule has 3 aromatic rings. The molecule has 2 aromatic carbocycles. The number of halogens is 2. The van der Waals surface area contributed by atoms with E-state index in [1.54, 1.807) is 11.0 Å². The van der Waals surface area contributed by atoms with E-state index >= 15 is 0 Å². The van der Waals surface area contributed by atoms with Gasteiger partial charge in [0.15, 0.2) is 0 Å². The van der Waals surface area contributed by atoms with Crippen molar-refractivity contribution in [3.63, 3.8) is 0 Å². The number of fused-ring (bicyclic) bond motifs is 2. The third kappa shape index (κ3) is 5.74. The standard InChI is InChI=1S/C34H37ClFN7O3/c1-3-30(44)43-16-15-42(17-23(43)11-13-37)33-24-12-14-41(27-6-4-5-21-7-10-25(36)32(35)31(21)27)18-26(24)38-34(39-33)46-29-20-45-19-28(29)40(2)22-8-9-22/h3-7,10,22-23,28-29H,1,8-9,11-12,14-20H2,2H3/t23?,28-,29+/m0/s1. The van der Waals surface area contributed by atoms with Gasteiger partial charge in [-0.3, -0.25) is 9.69 Å².